The van der Waals surface area contributed by atoms with Crippen molar-refractivity contribution in [2.45, 2.75) is 57.6 Å². The average Bonchev–Trinajstić information content (AvgIpc) is 2.94. The van der Waals surface area contributed by atoms with Gasteiger partial charge in [0.05, 0.1) is 17.7 Å². The van der Waals surface area contributed by atoms with Crippen LogP contribution in [0.1, 0.15) is 38.3 Å². The lowest BCUT2D eigenvalue weighted by atomic mass is 10.1. The first kappa shape index (κ1) is 31.0. The summed E-state index contributed by atoms with van der Waals surface area (Å²) in [5, 5.41) is 3.32. The lowest BCUT2D eigenvalue weighted by Gasteiger charge is -2.33. The van der Waals surface area contributed by atoms with Crippen molar-refractivity contribution < 1.29 is 22.7 Å². The van der Waals surface area contributed by atoms with Crippen molar-refractivity contribution >= 4 is 39.1 Å². The fourth-order valence-electron chi connectivity index (χ4n) is 4.11. The van der Waals surface area contributed by atoms with Gasteiger partial charge in [-0.1, -0.05) is 48.9 Å². The summed E-state index contributed by atoms with van der Waals surface area (Å²) in [6.45, 7) is 6.82. The van der Waals surface area contributed by atoms with E-state index in [4.69, 9.17) is 16.3 Å². The second-order valence-corrected chi connectivity index (χ2v) is 11.9. The fourth-order valence-corrected chi connectivity index (χ4v) is 5.71. The second-order valence-electron chi connectivity index (χ2n) is 9.62. The number of benzene rings is 3. The van der Waals surface area contributed by atoms with Crippen molar-refractivity contribution in [1.29, 1.82) is 0 Å². The zero-order valence-electron chi connectivity index (χ0n) is 23.4. The molecule has 3 aromatic carbocycles. The number of hydrogen-bond donors (Lipinski definition) is 1. The highest BCUT2D eigenvalue weighted by atomic mass is 35.5. The van der Waals surface area contributed by atoms with E-state index >= 15 is 0 Å². The van der Waals surface area contributed by atoms with Crippen LogP contribution in [0.2, 0.25) is 5.02 Å². The molecule has 2 amide bonds. The molecule has 0 spiro atoms. The standard InChI is InChI=1S/C30H36ClN3O5S/c1-6-22(3)32-30(36)23(4)33(19-24-11-9-12-26(18-24)39-5)29(35)20-34(28-13-8-7-10-21(28)2)40(37,38)27-16-14-25(31)15-17-27/h7-18,22-23H,6,19-20H2,1-5H3,(H,32,36). The molecule has 3 rings (SSSR count). The summed E-state index contributed by atoms with van der Waals surface area (Å²) in [5.41, 5.74) is 1.78. The van der Waals surface area contributed by atoms with E-state index < -0.39 is 28.5 Å². The lowest BCUT2D eigenvalue weighted by molar-refractivity contribution is -0.139. The number of carbonyl (C=O) groups is 2. The van der Waals surface area contributed by atoms with Gasteiger partial charge in [-0.25, -0.2) is 8.42 Å². The van der Waals surface area contributed by atoms with Crippen LogP contribution in [0.25, 0.3) is 0 Å². The Kier molecular flexibility index (Phi) is 10.6. The van der Waals surface area contributed by atoms with E-state index in [0.717, 1.165) is 16.3 Å². The number of rotatable bonds is 12. The molecule has 0 radical (unpaired) electrons. The minimum Gasteiger partial charge on any atom is -0.497 e. The molecule has 0 saturated heterocycles. The second kappa shape index (κ2) is 13.7. The van der Waals surface area contributed by atoms with Gasteiger partial charge < -0.3 is 15.0 Å². The maximum atomic E-state index is 14.0. The molecule has 0 aliphatic heterocycles. The Morgan fingerprint density at radius 1 is 1.00 bits per heavy atom. The van der Waals surface area contributed by atoms with Gasteiger partial charge >= 0.3 is 0 Å². The molecule has 0 fully saturated rings. The summed E-state index contributed by atoms with van der Waals surface area (Å²) in [6, 6.07) is 19.0. The van der Waals surface area contributed by atoms with E-state index in [-0.39, 0.29) is 23.4 Å². The topological polar surface area (TPSA) is 96.0 Å². The number of carbonyl (C=O) groups excluding carboxylic acids is 2. The summed E-state index contributed by atoms with van der Waals surface area (Å²) in [5.74, 6) is -0.252. The normalized spacial score (nSPS) is 12.8. The van der Waals surface area contributed by atoms with Gasteiger partial charge in [0.15, 0.2) is 0 Å². The van der Waals surface area contributed by atoms with Crippen LogP contribution in [-0.2, 0) is 26.2 Å². The van der Waals surface area contributed by atoms with Gasteiger partial charge in [0.25, 0.3) is 10.0 Å². The van der Waals surface area contributed by atoms with Crippen LogP contribution in [0.5, 0.6) is 5.75 Å². The number of sulfonamides is 1. The summed E-state index contributed by atoms with van der Waals surface area (Å²) in [4.78, 5) is 28.6. The van der Waals surface area contributed by atoms with E-state index in [2.05, 4.69) is 5.32 Å². The Morgan fingerprint density at radius 3 is 2.30 bits per heavy atom. The van der Waals surface area contributed by atoms with E-state index in [9.17, 15) is 18.0 Å². The van der Waals surface area contributed by atoms with Crippen molar-refractivity contribution in [2.75, 3.05) is 18.0 Å². The third kappa shape index (κ3) is 7.55. The van der Waals surface area contributed by atoms with E-state index in [1.807, 2.05) is 19.9 Å². The first-order chi connectivity index (χ1) is 19.0. The number of anilines is 1. The Balaban J connectivity index is 2.04. The number of nitrogens with zero attached hydrogens (tertiary/aromatic N) is 2. The molecule has 0 heterocycles. The number of methoxy groups -OCH3 is 1. The molecule has 2 atom stereocenters. The van der Waals surface area contributed by atoms with Crippen molar-refractivity contribution in [1.82, 2.24) is 10.2 Å². The third-order valence-electron chi connectivity index (χ3n) is 6.72. The van der Waals surface area contributed by atoms with Gasteiger partial charge in [-0.3, -0.25) is 13.9 Å². The maximum absolute atomic E-state index is 14.0. The first-order valence-electron chi connectivity index (χ1n) is 13.0. The summed E-state index contributed by atoms with van der Waals surface area (Å²) < 4.78 is 34.2. The van der Waals surface area contributed by atoms with Crippen LogP contribution in [0.15, 0.2) is 77.7 Å². The lowest BCUT2D eigenvalue weighted by Crippen LogP contribution is -2.52. The highest BCUT2D eigenvalue weighted by Crippen LogP contribution is 2.28. The molecule has 8 nitrogen and oxygen atoms in total. The van der Waals surface area contributed by atoms with E-state index in [0.29, 0.717) is 22.0 Å². The SMILES string of the molecule is CCC(C)NC(=O)C(C)N(Cc1cccc(OC)c1)C(=O)CN(c1ccccc1C)S(=O)(=O)c1ccc(Cl)cc1. The summed E-state index contributed by atoms with van der Waals surface area (Å²) in [7, 11) is -2.62. The minimum atomic E-state index is -4.17. The molecule has 0 aliphatic rings. The number of nitrogens with one attached hydrogen (secondary N) is 1. The van der Waals surface area contributed by atoms with Crippen LogP contribution in [0, 0.1) is 6.92 Å². The molecule has 0 saturated carbocycles. The maximum Gasteiger partial charge on any atom is 0.264 e. The molecule has 214 valence electrons. The molecular formula is C30H36ClN3O5S. The zero-order chi connectivity index (χ0) is 29.4. The molecule has 3 aromatic rings. The molecule has 0 bridgehead atoms. The number of para-hydroxylation sites is 1. The quantitative estimate of drug-likeness (QED) is 0.316. The zero-order valence-corrected chi connectivity index (χ0v) is 25.0. The minimum absolute atomic E-state index is 0.00476. The van der Waals surface area contributed by atoms with Crippen LogP contribution in [0.3, 0.4) is 0 Å². The monoisotopic (exact) mass is 585 g/mol. The van der Waals surface area contributed by atoms with Gasteiger partial charge in [0.2, 0.25) is 11.8 Å². The van der Waals surface area contributed by atoms with Crippen LogP contribution >= 0.6 is 11.6 Å². The highest BCUT2D eigenvalue weighted by Gasteiger charge is 2.33. The molecule has 40 heavy (non-hydrogen) atoms. The molecule has 2 unspecified atom stereocenters. The number of halogens is 1. The molecule has 0 aromatic heterocycles. The Labute approximate surface area is 241 Å². The number of ether oxygens (including phenoxy) is 1. The smallest absolute Gasteiger partial charge is 0.264 e. The predicted octanol–water partition coefficient (Wildman–Crippen LogP) is 5.18. The van der Waals surface area contributed by atoms with Gasteiger partial charge in [-0.15, -0.1) is 0 Å². The third-order valence-corrected chi connectivity index (χ3v) is 8.75. The Hall–Kier alpha value is -3.56. The highest BCUT2D eigenvalue weighted by molar-refractivity contribution is 7.92. The first-order valence-corrected chi connectivity index (χ1v) is 14.9. The van der Waals surface area contributed by atoms with Crippen molar-refractivity contribution in [3.8, 4) is 5.75 Å². The van der Waals surface area contributed by atoms with Gasteiger partial charge in [-0.2, -0.15) is 0 Å². The number of aryl methyl sites for hydroxylation is 1. The molecule has 0 aliphatic carbocycles. The van der Waals surface area contributed by atoms with Gasteiger partial charge in [0.1, 0.15) is 18.3 Å². The summed E-state index contributed by atoms with van der Waals surface area (Å²) >= 11 is 6.00. The number of amides is 2. The van der Waals surface area contributed by atoms with E-state index in [1.165, 1.54) is 29.2 Å². The van der Waals surface area contributed by atoms with E-state index in [1.54, 1.807) is 63.4 Å². The molecule has 10 heteroatoms. The fraction of sp³-hybridized carbons (Fsp3) is 0.333. The van der Waals surface area contributed by atoms with Crippen molar-refractivity contribution in [3.05, 3.63) is 88.9 Å². The predicted molar refractivity (Wildman–Crippen MR) is 158 cm³/mol. The largest absolute Gasteiger partial charge is 0.497 e. The van der Waals surface area contributed by atoms with Crippen LogP contribution in [-0.4, -0.2) is 50.9 Å². The van der Waals surface area contributed by atoms with Crippen LogP contribution < -0.4 is 14.4 Å². The Bertz CT molecular complexity index is 1430. The van der Waals surface area contributed by atoms with Crippen LogP contribution in [0.4, 0.5) is 5.69 Å². The molecular weight excluding hydrogens is 550 g/mol. The average molecular weight is 586 g/mol. The van der Waals surface area contributed by atoms with Gasteiger partial charge in [-0.05, 0) is 80.8 Å². The number of hydrogen-bond acceptors (Lipinski definition) is 5. The van der Waals surface area contributed by atoms with Crippen molar-refractivity contribution in [2.24, 2.45) is 0 Å². The van der Waals surface area contributed by atoms with Crippen molar-refractivity contribution in [3.63, 3.8) is 0 Å². The molecule has 1 N–H and O–H groups in total. The summed E-state index contributed by atoms with van der Waals surface area (Å²) in [6.07, 6.45) is 0.725. The Morgan fingerprint density at radius 2 is 1.68 bits per heavy atom. The van der Waals surface area contributed by atoms with Gasteiger partial charge in [0, 0.05) is 17.6 Å².